The highest BCUT2D eigenvalue weighted by atomic mass is 32.1. The molecule has 0 aliphatic rings. The zero-order valence-electron chi connectivity index (χ0n) is 24.8. The number of esters is 1. The van der Waals surface area contributed by atoms with E-state index in [1.54, 1.807) is 67.6 Å². The molecular weight excluding hydrogens is 607 g/mol. The van der Waals surface area contributed by atoms with Crippen LogP contribution in [0.3, 0.4) is 0 Å². The number of hydrogen-bond donors (Lipinski definition) is 4. The van der Waals surface area contributed by atoms with Crippen molar-refractivity contribution in [3.8, 4) is 11.1 Å². The monoisotopic (exact) mass is 644 g/mol. The highest BCUT2D eigenvalue weighted by molar-refractivity contribution is 7.58. The average Bonchev–Trinajstić information content (AvgIpc) is 3.51. The van der Waals surface area contributed by atoms with Crippen molar-refractivity contribution >= 4 is 42.6 Å². The van der Waals surface area contributed by atoms with Crippen molar-refractivity contribution < 1.29 is 43.2 Å². The number of benzene rings is 2. The Morgan fingerprint density at radius 3 is 2.11 bits per heavy atom. The molecule has 44 heavy (non-hydrogen) atoms. The van der Waals surface area contributed by atoms with E-state index < -0.39 is 67.4 Å². The molecule has 0 aliphatic carbocycles. The largest absolute Gasteiger partial charge is 0.480 e. The van der Waals surface area contributed by atoms with E-state index in [9.17, 15) is 33.7 Å². The first-order valence-electron chi connectivity index (χ1n) is 14.0. The van der Waals surface area contributed by atoms with Crippen LogP contribution in [0.15, 0.2) is 71.4 Å². The second-order valence-electron chi connectivity index (χ2n) is 10.6. The smallest absolute Gasteiger partial charge is 0.411 e. The summed E-state index contributed by atoms with van der Waals surface area (Å²) in [5.74, 6) is -5.65. The Morgan fingerprint density at radius 2 is 1.55 bits per heavy atom. The fourth-order valence-corrected chi connectivity index (χ4v) is 7.02. The van der Waals surface area contributed by atoms with Crippen molar-refractivity contribution in [2.24, 2.45) is 11.8 Å². The molecule has 0 radical (unpaired) electrons. The van der Waals surface area contributed by atoms with Crippen LogP contribution in [0, 0.1) is 11.8 Å². The van der Waals surface area contributed by atoms with Crippen LogP contribution in [0.5, 0.6) is 0 Å². The van der Waals surface area contributed by atoms with E-state index in [0.717, 1.165) is 11.1 Å². The minimum Gasteiger partial charge on any atom is -0.480 e. The number of aliphatic carboxylic acids is 1. The van der Waals surface area contributed by atoms with E-state index in [0.29, 0.717) is 5.56 Å². The minimum absolute atomic E-state index is 0.0286. The van der Waals surface area contributed by atoms with Gasteiger partial charge in [-0.3, -0.25) is 18.9 Å². The topological polar surface area (TPSA) is 168 Å². The molecule has 3 aromatic rings. The Labute approximate surface area is 260 Å². The summed E-state index contributed by atoms with van der Waals surface area (Å²) < 4.78 is 24.2. The third kappa shape index (κ3) is 10.0. The molecule has 0 saturated heterocycles. The lowest BCUT2D eigenvalue weighted by atomic mass is 9.98. The van der Waals surface area contributed by atoms with Crippen LogP contribution < -0.4 is 10.6 Å². The summed E-state index contributed by atoms with van der Waals surface area (Å²) in [4.78, 5) is 60.9. The third-order valence-corrected chi connectivity index (χ3v) is 9.55. The molecule has 0 aliphatic heterocycles. The summed E-state index contributed by atoms with van der Waals surface area (Å²) in [5, 5.41) is 18.1. The van der Waals surface area contributed by atoms with Gasteiger partial charge in [-0.1, -0.05) is 68.4 Å². The van der Waals surface area contributed by atoms with Gasteiger partial charge in [-0.2, -0.15) is 11.3 Å². The third-order valence-electron chi connectivity index (χ3n) is 6.67. The van der Waals surface area contributed by atoms with E-state index in [1.165, 1.54) is 13.8 Å². The van der Waals surface area contributed by atoms with Gasteiger partial charge in [-0.05, 0) is 52.4 Å². The van der Waals surface area contributed by atoms with Gasteiger partial charge in [0.2, 0.25) is 19.6 Å². The number of hydrogen-bond acceptors (Lipinski definition) is 8. The van der Waals surface area contributed by atoms with E-state index in [1.807, 2.05) is 29.0 Å². The Kier molecular flexibility index (Phi) is 12.3. The summed E-state index contributed by atoms with van der Waals surface area (Å²) in [5.41, 5.74) is 2.96. The first-order chi connectivity index (χ1) is 20.8. The molecule has 0 bridgehead atoms. The molecule has 13 heteroatoms. The molecule has 1 aromatic heterocycles. The summed E-state index contributed by atoms with van der Waals surface area (Å²) in [7, 11) is -4.45. The average molecular weight is 645 g/mol. The van der Waals surface area contributed by atoms with Gasteiger partial charge in [-0.25, -0.2) is 4.79 Å². The first-order valence-corrected chi connectivity index (χ1v) is 16.8. The van der Waals surface area contributed by atoms with E-state index in [2.05, 4.69) is 10.6 Å². The predicted octanol–water partition coefficient (Wildman–Crippen LogP) is 5.40. The van der Waals surface area contributed by atoms with E-state index >= 15 is 0 Å². The molecule has 0 saturated carbocycles. The van der Waals surface area contributed by atoms with Gasteiger partial charge in [0.25, 0.3) is 0 Å². The first kappa shape index (κ1) is 34.5. The van der Waals surface area contributed by atoms with Crippen molar-refractivity contribution in [1.82, 2.24) is 10.6 Å². The second kappa shape index (κ2) is 15.7. The molecule has 5 atom stereocenters. The maximum Gasteiger partial charge on any atom is 0.411 e. The number of carboxylic acids is 1. The summed E-state index contributed by atoms with van der Waals surface area (Å²) in [6, 6.07) is 16.1. The van der Waals surface area contributed by atoms with Gasteiger partial charge < -0.3 is 30.1 Å². The Bertz CT molecular complexity index is 1460. The molecular formula is C31H37N2O9PS. The highest BCUT2D eigenvalue weighted by Crippen LogP contribution is 2.55. The van der Waals surface area contributed by atoms with Crippen LogP contribution in [-0.4, -0.2) is 52.4 Å². The number of carboxylic acid groups (broad SMARTS) is 1. The predicted molar refractivity (Wildman–Crippen MR) is 166 cm³/mol. The zero-order chi connectivity index (χ0) is 32.4. The summed E-state index contributed by atoms with van der Waals surface area (Å²) >= 11 is 1.56. The Balaban J connectivity index is 1.87. The van der Waals surface area contributed by atoms with Crippen LogP contribution in [0.25, 0.3) is 11.1 Å². The van der Waals surface area contributed by atoms with Crippen LogP contribution in [0.2, 0.25) is 0 Å². The maximum atomic E-state index is 14.0. The normalized spacial score (nSPS) is 15.2. The quantitative estimate of drug-likeness (QED) is 0.102. The molecule has 2 amide bonds. The van der Waals surface area contributed by atoms with Crippen molar-refractivity contribution in [3.63, 3.8) is 0 Å². The van der Waals surface area contributed by atoms with Gasteiger partial charge >= 0.3 is 18.0 Å². The molecule has 0 fully saturated rings. The number of alkyl carbamates (subject to hydrolysis) is 1. The number of carbonyl (C=O) groups is 4. The van der Waals surface area contributed by atoms with Gasteiger partial charge in [0.15, 0.2) is 0 Å². The number of carbonyl (C=O) groups excluding carboxylic acids is 3. The number of amides is 2. The van der Waals surface area contributed by atoms with Crippen molar-refractivity contribution in [1.29, 1.82) is 0 Å². The standard InChI is InChI=1S/C31H37N2O9PS/c1-19(2)30(37)41-21(4)42-31(38)33-28(24-8-6-5-7-9-24)43(39,40)17-26(27(34)32-20(3)29(35)36)16-22-10-12-23(13-11-22)25-14-15-44-18-25/h5-15,18-21,26,28H,16-17H2,1-4H3,(H,32,34)(H,33,38)(H,35,36)(H,39,40). The Hall–Kier alpha value is -3.99. The minimum atomic E-state index is -4.45. The molecule has 5 unspecified atom stereocenters. The van der Waals surface area contributed by atoms with Crippen molar-refractivity contribution in [2.75, 3.05) is 6.16 Å². The molecule has 2 aromatic carbocycles. The summed E-state index contributed by atoms with van der Waals surface area (Å²) in [6.07, 6.45) is -2.94. The molecule has 236 valence electrons. The molecule has 1 heterocycles. The van der Waals surface area contributed by atoms with Crippen molar-refractivity contribution in [2.45, 2.75) is 52.2 Å². The lowest BCUT2D eigenvalue weighted by molar-refractivity contribution is -0.168. The van der Waals surface area contributed by atoms with Crippen LogP contribution in [0.4, 0.5) is 4.79 Å². The fourth-order valence-electron chi connectivity index (χ4n) is 4.27. The van der Waals surface area contributed by atoms with Gasteiger partial charge in [0.1, 0.15) is 11.8 Å². The lowest BCUT2D eigenvalue weighted by Gasteiger charge is -2.28. The van der Waals surface area contributed by atoms with Crippen LogP contribution in [0.1, 0.15) is 44.6 Å². The molecule has 4 N–H and O–H groups in total. The van der Waals surface area contributed by atoms with Gasteiger partial charge in [0, 0.05) is 13.1 Å². The van der Waals surface area contributed by atoms with Gasteiger partial charge in [-0.15, -0.1) is 0 Å². The van der Waals surface area contributed by atoms with Crippen molar-refractivity contribution in [3.05, 3.63) is 82.6 Å². The number of rotatable bonds is 14. The summed E-state index contributed by atoms with van der Waals surface area (Å²) in [6.45, 7) is 5.86. The van der Waals surface area contributed by atoms with E-state index in [-0.39, 0.29) is 12.0 Å². The molecule has 11 nitrogen and oxygen atoms in total. The SMILES string of the molecule is CC(OC(=O)NC(c1ccccc1)P(=O)(O)CC(Cc1ccc(-c2ccsc2)cc1)C(=O)NC(C)C(=O)O)OC(=O)C(C)C. The maximum absolute atomic E-state index is 14.0. The number of nitrogens with one attached hydrogen (secondary N) is 2. The number of ether oxygens (including phenoxy) is 2. The van der Waals surface area contributed by atoms with Crippen LogP contribution in [-0.2, 0) is 34.8 Å². The molecule has 3 rings (SSSR count). The lowest BCUT2D eigenvalue weighted by Crippen LogP contribution is -2.43. The fraction of sp³-hybridized carbons (Fsp3) is 0.355. The zero-order valence-corrected chi connectivity index (χ0v) is 26.5. The van der Waals surface area contributed by atoms with Crippen LogP contribution >= 0.6 is 18.7 Å². The highest BCUT2D eigenvalue weighted by Gasteiger charge is 2.39. The van der Waals surface area contributed by atoms with Gasteiger partial charge in [0.05, 0.1) is 11.8 Å². The Morgan fingerprint density at radius 1 is 0.886 bits per heavy atom. The second-order valence-corrected chi connectivity index (χ2v) is 13.8. The molecule has 0 spiro atoms. The van der Waals surface area contributed by atoms with E-state index in [4.69, 9.17) is 9.47 Å². The number of thiophene rings is 1.